The molecule has 0 saturated carbocycles. The maximum Gasteiger partial charge on any atom is 0.238 e. The number of β-amino-alcohol motifs (C(OH)–C–C–N with tert-alkyl or cyclic N) is 1. The second-order valence-electron chi connectivity index (χ2n) is 11.3. The van der Waals surface area contributed by atoms with E-state index < -0.39 is 16.1 Å². The summed E-state index contributed by atoms with van der Waals surface area (Å²) < 4.78 is 24.9. The summed E-state index contributed by atoms with van der Waals surface area (Å²) in [7, 11) is -3.75. The average Bonchev–Trinajstić information content (AvgIpc) is 3.28. The van der Waals surface area contributed by atoms with E-state index in [-0.39, 0.29) is 29.3 Å². The number of hydrogen-bond donors (Lipinski definition) is 4. The van der Waals surface area contributed by atoms with Gasteiger partial charge in [0, 0.05) is 41.8 Å². The standard InChI is InChI=1S/C32H39N5O4S/c1-22-8-9-23(2)37(22)30-15-12-27(20-34-30)29(38)21-36-32(3,4)18-26-7-5-6-25(16-26)17-31(39)35-19-24-10-13-28(14-11-24)42(33,40)41/h5-16,20,29,36,38H,17-19,21H2,1-4H3,(H,35,39)(H2,33,40,41)/t29-/m1/s1. The molecule has 0 radical (unpaired) electrons. The van der Waals surface area contributed by atoms with Gasteiger partial charge in [-0.3, -0.25) is 4.79 Å². The molecule has 0 aliphatic heterocycles. The molecule has 0 fully saturated rings. The third kappa shape index (κ3) is 8.36. The number of sulfonamides is 1. The van der Waals surface area contributed by atoms with Crippen molar-refractivity contribution in [3.8, 4) is 5.82 Å². The fraction of sp³-hybridized carbons (Fsp3) is 0.312. The van der Waals surface area contributed by atoms with Crippen LogP contribution in [0, 0.1) is 13.8 Å². The number of aliphatic hydroxyl groups is 1. The molecule has 0 aliphatic rings. The molecule has 0 aliphatic carbocycles. The summed E-state index contributed by atoms with van der Waals surface area (Å²) in [5, 5.41) is 22.3. The van der Waals surface area contributed by atoms with Gasteiger partial charge in [-0.1, -0.05) is 42.5 Å². The number of carbonyl (C=O) groups is 1. The third-order valence-electron chi connectivity index (χ3n) is 7.17. The van der Waals surface area contributed by atoms with Crippen LogP contribution in [0.4, 0.5) is 0 Å². The number of nitrogens with one attached hydrogen (secondary N) is 2. The number of aryl methyl sites for hydroxylation is 2. The molecule has 0 saturated heterocycles. The molecular weight excluding hydrogens is 550 g/mol. The van der Waals surface area contributed by atoms with Crippen LogP contribution in [-0.4, -0.2) is 41.1 Å². The van der Waals surface area contributed by atoms with Crippen LogP contribution in [0.25, 0.3) is 5.82 Å². The number of primary sulfonamides is 1. The molecule has 1 atom stereocenters. The number of carbonyl (C=O) groups excluding carboxylic acids is 1. The molecule has 42 heavy (non-hydrogen) atoms. The van der Waals surface area contributed by atoms with Crippen molar-refractivity contribution < 1.29 is 18.3 Å². The fourth-order valence-electron chi connectivity index (χ4n) is 4.92. The summed E-state index contributed by atoms with van der Waals surface area (Å²) in [6.45, 7) is 8.90. The lowest BCUT2D eigenvalue weighted by atomic mass is 9.93. The van der Waals surface area contributed by atoms with Crippen molar-refractivity contribution in [2.24, 2.45) is 5.14 Å². The van der Waals surface area contributed by atoms with E-state index in [9.17, 15) is 18.3 Å². The first kappa shape index (κ1) is 31.1. The van der Waals surface area contributed by atoms with Gasteiger partial charge in [-0.25, -0.2) is 18.5 Å². The van der Waals surface area contributed by atoms with Crippen LogP contribution < -0.4 is 15.8 Å². The van der Waals surface area contributed by atoms with Crippen LogP contribution >= 0.6 is 0 Å². The molecule has 2 aromatic carbocycles. The van der Waals surface area contributed by atoms with Crippen molar-refractivity contribution in [3.63, 3.8) is 0 Å². The van der Waals surface area contributed by atoms with Gasteiger partial charge in [0.15, 0.2) is 0 Å². The van der Waals surface area contributed by atoms with Gasteiger partial charge in [0.2, 0.25) is 15.9 Å². The van der Waals surface area contributed by atoms with Crippen LogP contribution in [0.2, 0.25) is 0 Å². The Morgan fingerprint density at radius 1 is 0.976 bits per heavy atom. The van der Waals surface area contributed by atoms with Crippen LogP contribution in [-0.2, 0) is 34.2 Å². The zero-order chi connectivity index (χ0) is 30.5. The van der Waals surface area contributed by atoms with Crippen LogP contribution in [0.5, 0.6) is 0 Å². The number of amides is 1. The smallest absolute Gasteiger partial charge is 0.238 e. The highest BCUT2D eigenvalue weighted by molar-refractivity contribution is 7.89. The minimum Gasteiger partial charge on any atom is -0.387 e. The number of aliphatic hydroxyl groups excluding tert-OH is 1. The normalized spacial score (nSPS) is 12.7. The molecule has 10 heteroatoms. The minimum atomic E-state index is -3.75. The fourth-order valence-corrected chi connectivity index (χ4v) is 5.43. The third-order valence-corrected chi connectivity index (χ3v) is 8.10. The first-order valence-corrected chi connectivity index (χ1v) is 15.4. The zero-order valence-corrected chi connectivity index (χ0v) is 25.3. The number of benzene rings is 2. The van der Waals surface area contributed by atoms with E-state index in [0.29, 0.717) is 13.0 Å². The van der Waals surface area contributed by atoms with Gasteiger partial charge in [-0.15, -0.1) is 0 Å². The van der Waals surface area contributed by atoms with Gasteiger partial charge in [-0.2, -0.15) is 0 Å². The lowest BCUT2D eigenvalue weighted by Gasteiger charge is -2.28. The van der Waals surface area contributed by atoms with Crippen LogP contribution in [0.15, 0.2) is 83.9 Å². The van der Waals surface area contributed by atoms with E-state index in [1.807, 2.05) is 50.2 Å². The molecule has 0 bridgehead atoms. The van der Waals surface area contributed by atoms with Crippen LogP contribution in [0.1, 0.15) is 53.6 Å². The van der Waals surface area contributed by atoms with E-state index in [4.69, 9.17) is 5.14 Å². The molecule has 2 heterocycles. The number of pyridine rings is 1. The summed E-state index contributed by atoms with van der Waals surface area (Å²) in [5.74, 6) is 0.691. The molecule has 4 aromatic rings. The molecule has 0 unspecified atom stereocenters. The van der Waals surface area contributed by atoms with E-state index in [2.05, 4.69) is 46.2 Å². The number of aromatic nitrogens is 2. The minimum absolute atomic E-state index is 0.0331. The van der Waals surface area contributed by atoms with Crippen molar-refractivity contribution in [2.75, 3.05) is 6.54 Å². The predicted molar refractivity (Wildman–Crippen MR) is 164 cm³/mol. The molecule has 1 amide bonds. The van der Waals surface area contributed by atoms with E-state index in [1.165, 1.54) is 12.1 Å². The summed E-state index contributed by atoms with van der Waals surface area (Å²) in [4.78, 5) is 17.2. The molecule has 2 aromatic heterocycles. The summed E-state index contributed by atoms with van der Waals surface area (Å²) >= 11 is 0. The number of nitrogens with zero attached hydrogens (tertiary/aromatic N) is 2. The highest BCUT2D eigenvalue weighted by Gasteiger charge is 2.21. The number of rotatable bonds is 12. The van der Waals surface area contributed by atoms with E-state index >= 15 is 0 Å². The van der Waals surface area contributed by atoms with Crippen molar-refractivity contribution in [1.82, 2.24) is 20.2 Å². The van der Waals surface area contributed by atoms with Crippen molar-refractivity contribution in [1.29, 1.82) is 0 Å². The molecule has 9 nitrogen and oxygen atoms in total. The predicted octanol–water partition coefficient (Wildman–Crippen LogP) is 3.64. The first-order chi connectivity index (χ1) is 19.8. The molecule has 4 rings (SSSR count). The van der Waals surface area contributed by atoms with Gasteiger partial charge in [-0.05, 0) is 81.1 Å². The first-order valence-electron chi connectivity index (χ1n) is 13.8. The second-order valence-corrected chi connectivity index (χ2v) is 12.9. The quantitative estimate of drug-likeness (QED) is 0.199. The summed E-state index contributed by atoms with van der Waals surface area (Å²) in [6, 6.07) is 22.0. The monoisotopic (exact) mass is 589 g/mol. The van der Waals surface area contributed by atoms with Gasteiger partial charge in [0.1, 0.15) is 5.82 Å². The van der Waals surface area contributed by atoms with Crippen molar-refractivity contribution in [3.05, 3.63) is 113 Å². The molecular formula is C32H39N5O4S. The number of hydrogen-bond acceptors (Lipinski definition) is 6. The second kappa shape index (κ2) is 13.0. The molecule has 222 valence electrons. The Kier molecular flexibility index (Phi) is 9.63. The Hall–Kier alpha value is -3.83. The Bertz CT molecular complexity index is 1610. The van der Waals surface area contributed by atoms with Crippen molar-refractivity contribution in [2.45, 2.75) is 63.6 Å². The Morgan fingerprint density at radius 2 is 1.64 bits per heavy atom. The van der Waals surface area contributed by atoms with Crippen molar-refractivity contribution >= 4 is 15.9 Å². The van der Waals surface area contributed by atoms with E-state index in [0.717, 1.165) is 39.5 Å². The van der Waals surface area contributed by atoms with Gasteiger partial charge < -0.3 is 20.3 Å². The highest BCUT2D eigenvalue weighted by Crippen LogP contribution is 2.20. The Balaban J connectivity index is 1.28. The average molecular weight is 590 g/mol. The largest absolute Gasteiger partial charge is 0.387 e. The zero-order valence-electron chi connectivity index (χ0n) is 24.5. The maximum absolute atomic E-state index is 12.6. The lowest BCUT2D eigenvalue weighted by molar-refractivity contribution is -0.120. The van der Waals surface area contributed by atoms with E-state index in [1.54, 1.807) is 18.3 Å². The summed E-state index contributed by atoms with van der Waals surface area (Å²) in [6.07, 6.45) is 1.95. The lowest BCUT2D eigenvalue weighted by Crippen LogP contribution is -2.43. The molecule has 0 spiro atoms. The number of nitrogens with two attached hydrogens (primary N) is 1. The SMILES string of the molecule is Cc1ccc(C)n1-c1ccc([C@H](O)CNC(C)(C)Cc2cccc(CC(=O)NCc3ccc(S(N)(=O)=O)cc3)c2)cn1. The van der Waals surface area contributed by atoms with Gasteiger partial charge in [0.25, 0.3) is 0 Å². The summed E-state index contributed by atoms with van der Waals surface area (Å²) in [5.41, 5.74) is 5.40. The van der Waals surface area contributed by atoms with Gasteiger partial charge >= 0.3 is 0 Å². The molecule has 5 N–H and O–H groups in total. The van der Waals surface area contributed by atoms with Gasteiger partial charge in [0.05, 0.1) is 17.4 Å². The highest BCUT2D eigenvalue weighted by atomic mass is 32.2. The Morgan fingerprint density at radius 3 is 2.26 bits per heavy atom. The topological polar surface area (TPSA) is 139 Å². The van der Waals surface area contributed by atoms with Crippen LogP contribution in [0.3, 0.4) is 0 Å². The Labute approximate surface area is 247 Å². The maximum atomic E-state index is 12.6.